The van der Waals surface area contributed by atoms with Gasteiger partial charge < -0.3 is 5.11 Å². The highest BCUT2D eigenvalue weighted by molar-refractivity contribution is 7.89. The topological polar surface area (TPSA) is 83.5 Å². The maximum atomic E-state index is 13.1. The van der Waals surface area contributed by atoms with Crippen molar-refractivity contribution in [2.24, 2.45) is 5.41 Å². The summed E-state index contributed by atoms with van der Waals surface area (Å²) < 4.78 is 39.5. The number of hydrogen-bond donors (Lipinski definition) is 2. The second-order valence-corrected chi connectivity index (χ2v) is 6.87. The Morgan fingerprint density at radius 3 is 2.38 bits per heavy atom. The summed E-state index contributed by atoms with van der Waals surface area (Å²) >= 11 is 5.55. The molecule has 2 N–H and O–H groups in total. The van der Waals surface area contributed by atoms with Gasteiger partial charge in [-0.2, -0.15) is 0 Å². The van der Waals surface area contributed by atoms with Gasteiger partial charge in [-0.05, 0) is 31.0 Å². The highest BCUT2D eigenvalue weighted by Gasteiger charge is 2.36. The van der Waals surface area contributed by atoms with Gasteiger partial charge in [0, 0.05) is 6.54 Å². The molecular formula is C13H17ClFNO4S. The number of carboxylic acid groups (broad SMARTS) is 1. The van der Waals surface area contributed by atoms with Gasteiger partial charge in [0.05, 0.1) is 15.3 Å². The molecule has 0 saturated carbocycles. The molecule has 8 heteroatoms. The number of sulfonamides is 1. The summed E-state index contributed by atoms with van der Waals surface area (Å²) in [5.74, 6) is -1.79. The van der Waals surface area contributed by atoms with E-state index in [2.05, 4.69) is 4.72 Å². The smallest absolute Gasteiger partial charge is 0.310 e. The molecule has 0 heterocycles. The summed E-state index contributed by atoms with van der Waals surface area (Å²) in [6, 6.07) is 3.00. The molecular weight excluding hydrogens is 321 g/mol. The van der Waals surface area contributed by atoms with Crippen LogP contribution in [0.4, 0.5) is 4.39 Å². The predicted octanol–water partition coefficient (Wildman–Crippen LogP) is 2.65. The van der Waals surface area contributed by atoms with E-state index in [1.807, 2.05) is 0 Å². The van der Waals surface area contributed by atoms with E-state index in [4.69, 9.17) is 11.6 Å². The number of hydrogen-bond acceptors (Lipinski definition) is 3. The monoisotopic (exact) mass is 337 g/mol. The maximum absolute atomic E-state index is 13.1. The fourth-order valence-corrected chi connectivity index (χ4v) is 3.24. The molecule has 0 bridgehead atoms. The molecule has 0 aliphatic rings. The summed E-state index contributed by atoms with van der Waals surface area (Å²) in [4.78, 5) is 11.1. The quantitative estimate of drug-likeness (QED) is 0.801. The third-order valence-electron chi connectivity index (χ3n) is 3.61. The van der Waals surface area contributed by atoms with Gasteiger partial charge in [0.25, 0.3) is 0 Å². The molecule has 0 unspecified atom stereocenters. The van der Waals surface area contributed by atoms with Gasteiger partial charge in [-0.1, -0.05) is 25.4 Å². The van der Waals surface area contributed by atoms with Crippen molar-refractivity contribution >= 4 is 27.6 Å². The second-order valence-electron chi connectivity index (χ2n) is 4.69. The summed E-state index contributed by atoms with van der Waals surface area (Å²) in [5.41, 5.74) is -1.17. The van der Waals surface area contributed by atoms with Crippen LogP contribution >= 0.6 is 11.6 Å². The molecule has 5 nitrogen and oxygen atoms in total. The average Bonchev–Trinajstić information content (AvgIpc) is 2.43. The minimum absolute atomic E-state index is 0.208. The number of carbonyl (C=O) groups is 1. The van der Waals surface area contributed by atoms with Crippen LogP contribution in [0, 0.1) is 11.2 Å². The third kappa shape index (κ3) is 3.93. The largest absolute Gasteiger partial charge is 0.481 e. The molecule has 1 aromatic rings. The molecule has 0 atom stereocenters. The van der Waals surface area contributed by atoms with Crippen LogP contribution in [-0.2, 0) is 14.8 Å². The van der Waals surface area contributed by atoms with Crippen LogP contribution in [0.2, 0.25) is 5.02 Å². The Balaban J connectivity index is 3.00. The zero-order chi connectivity index (χ0) is 16.3. The van der Waals surface area contributed by atoms with Crippen molar-refractivity contribution in [3.8, 4) is 0 Å². The van der Waals surface area contributed by atoms with Crippen molar-refractivity contribution in [2.45, 2.75) is 31.6 Å². The number of carboxylic acids is 1. The van der Waals surface area contributed by atoms with Crippen LogP contribution in [-0.4, -0.2) is 26.0 Å². The van der Waals surface area contributed by atoms with Crippen molar-refractivity contribution in [2.75, 3.05) is 6.54 Å². The van der Waals surface area contributed by atoms with Crippen LogP contribution in [0.25, 0.3) is 0 Å². The van der Waals surface area contributed by atoms with Crippen molar-refractivity contribution in [3.05, 3.63) is 29.0 Å². The van der Waals surface area contributed by atoms with E-state index in [0.717, 1.165) is 18.2 Å². The van der Waals surface area contributed by atoms with Gasteiger partial charge in [-0.15, -0.1) is 0 Å². The van der Waals surface area contributed by atoms with Gasteiger partial charge in [0.1, 0.15) is 5.82 Å². The Morgan fingerprint density at radius 1 is 1.38 bits per heavy atom. The number of nitrogens with one attached hydrogen (secondary N) is 1. The van der Waals surface area contributed by atoms with Gasteiger partial charge in [0.2, 0.25) is 10.0 Å². The zero-order valence-corrected chi connectivity index (χ0v) is 13.3. The first kappa shape index (κ1) is 17.9. The highest BCUT2D eigenvalue weighted by Crippen LogP contribution is 2.27. The van der Waals surface area contributed by atoms with E-state index in [-0.39, 0.29) is 29.3 Å². The lowest BCUT2D eigenvalue weighted by Crippen LogP contribution is -2.42. The molecule has 1 rings (SSSR count). The Hall–Kier alpha value is -1.18. The Kier molecular flexibility index (Phi) is 5.72. The Bertz CT molecular complexity index is 629. The molecule has 0 aromatic heterocycles. The number of benzene rings is 1. The summed E-state index contributed by atoms with van der Waals surface area (Å²) in [6.07, 6.45) is 0.567. The molecule has 118 valence electrons. The van der Waals surface area contributed by atoms with Crippen molar-refractivity contribution < 1.29 is 22.7 Å². The first-order chi connectivity index (χ1) is 9.68. The van der Waals surface area contributed by atoms with Crippen LogP contribution in [0.1, 0.15) is 26.7 Å². The SMILES string of the molecule is CCC(CC)(CNS(=O)(=O)c1ccc(F)c(Cl)c1)C(=O)O. The maximum Gasteiger partial charge on any atom is 0.310 e. The third-order valence-corrected chi connectivity index (χ3v) is 5.30. The number of aliphatic carboxylic acids is 1. The van der Waals surface area contributed by atoms with Crippen molar-refractivity contribution in [3.63, 3.8) is 0 Å². The summed E-state index contributed by atoms with van der Waals surface area (Å²) in [7, 11) is -3.95. The molecule has 0 radical (unpaired) electrons. The molecule has 0 aliphatic heterocycles. The molecule has 0 amide bonds. The molecule has 0 aliphatic carbocycles. The average molecular weight is 338 g/mol. The minimum atomic E-state index is -3.95. The Labute approximate surface area is 128 Å². The van der Waals surface area contributed by atoms with Crippen LogP contribution in [0.3, 0.4) is 0 Å². The first-order valence-electron chi connectivity index (χ1n) is 6.36. The highest BCUT2D eigenvalue weighted by atomic mass is 35.5. The molecule has 1 aromatic carbocycles. The van der Waals surface area contributed by atoms with E-state index in [1.165, 1.54) is 0 Å². The van der Waals surface area contributed by atoms with Crippen LogP contribution < -0.4 is 4.72 Å². The van der Waals surface area contributed by atoms with Gasteiger partial charge in [-0.3, -0.25) is 4.79 Å². The van der Waals surface area contributed by atoms with E-state index >= 15 is 0 Å². The fraction of sp³-hybridized carbons (Fsp3) is 0.462. The molecule has 0 spiro atoms. The van der Waals surface area contributed by atoms with E-state index < -0.39 is 27.2 Å². The zero-order valence-electron chi connectivity index (χ0n) is 11.7. The fourth-order valence-electron chi connectivity index (χ4n) is 1.84. The van der Waals surface area contributed by atoms with Gasteiger partial charge in [-0.25, -0.2) is 17.5 Å². The number of halogens is 2. The van der Waals surface area contributed by atoms with Crippen LogP contribution in [0.5, 0.6) is 0 Å². The van der Waals surface area contributed by atoms with E-state index in [1.54, 1.807) is 13.8 Å². The van der Waals surface area contributed by atoms with Gasteiger partial charge in [0.15, 0.2) is 0 Å². The molecule has 0 fully saturated rings. The van der Waals surface area contributed by atoms with Crippen molar-refractivity contribution in [1.82, 2.24) is 4.72 Å². The summed E-state index contributed by atoms with van der Waals surface area (Å²) in [6.45, 7) is 3.12. The standard InChI is InChI=1S/C13H17ClFNO4S/c1-3-13(4-2,12(17)18)8-16-21(19,20)9-5-6-11(15)10(14)7-9/h5-7,16H,3-4,8H2,1-2H3,(H,17,18). The van der Waals surface area contributed by atoms with E-state index in [9.17, 15) is 22.7 Å². The molecule has 21 heavy (non-hydrogen) atoms. The predicted molar refractivity (Wildman–Crippen MR) is 77.2 cm³/mol. The minimum Gasteiger partial charge on any atom is -0.481 e. The lowest BCUT2D eigenvalue weighted by atomic mass is 9.83. The van der Waals surface area contributed by atoms with E-state index in [0.29, 0.717) is 0 Å². The normalized spacial score (nSPS) is 12.4. The number of rotatable bonds is 7. The lowest BCUT2D eigenvalue weighted by molar-refractivity contribution is -0.149. The molecule has 0 saturated heterocycles. The second kappa shape index (κ2) is 6.72. The van der Waals surface area contributed by atoms with Gasteiger partial charge >= 0.3 is 5.97 Å². The first-order valence-corrected chi connectivity index (χ1v) is 8.22. The van der Waals surface area contributed by atoms with Crippen molar-refractivity contribution in [1.29, 1.82) is 0 Å². The van der Waals surface area contributed by atoms with Crippen LogP contribution in [0.15, 0.2) is 23.1 Å². The summed E-state index contributed by atoms with van der Waals surface area (Å²) in [5, 5.41) is 8.95. The lowest BCUT2D eigenvalue weighted by Gasteiger charge is -2.26. The Morgan fingerprint density at radius 2 is 1.95 bits per heavy atom.